The van der Waals surface area contributed by atoms with Gasteiger partial charge in [-0.25, -0.2) is 8.42 Å². The van der Waals surface area contributed by atoms with E-state index in [1.807, 2.05) is 37.3 Å². The van der Waals surface area contributed by atoms with Crippen molar-refractivity contribution in [2.45, 2.75) is 13.0 Å². The number of sulfonamides is 1. The van der Waals surface area contributed by atoms with Crippen molar-refractivity contribution in [3.05, 3.63) is 54.1 Å². The van der Waals surface area contributed by atoms with Gasteiger partial charge in [-0.1, -0.05) is 30.3 Å². The van der Waals surface area contributed by atoms with Gasteiger partial charge in [-0.3, -0.25) is 9.10 Å². The van der Waals surface area contributed by atoms with Crippen LogP contribution in [-0.2, 0) is 14.8 Å². The number of amides is 1. The zero-order valence-electron chi connectivity index (χ0n) is 14.5. The van der Waals surface area contributed by atoms with Crippen molar-refractivity contribution in [3.63, 3.8) is 0 Å². The highest BCUT2D eigenvalue weighted by molar-refractivity contribution is 7.92. The van der Waals surface area contributed by atoms with E-state index in [0.29, 0.717) is 17.2 Å². The van der Waals surface area contributed by atoms with Gasteiger partial charge in [-0.05, 0) is 24.6 Å². The molecule has 26 heavy (non-hydrogen) atoms. The fraction of sp³-hybridized carbons (Fsp3) is 0.278. The lowest BCUT2D eigenvalue weighted by atomic mass is 10.1. The number of benzene rings is 2. The molecule has 1 aliphatic heterocycles. The minimum atomic E-state index is -3.65. The van der Waals surface area contributed by atoms with Gasteiger partial charge in [0.15, 0.2) is 11.5 Å². The number of hydrogen-bond donors (Lipinski definition) is 1. The fourth-order valence-corrected chi connectivity index (χ4v) is 3.53. The van der Waals surface area contributed by atoms with Crippen molar-refractivity contribution in [2.75, 3.05) is 23.9 Å². The maximum Gasteiger partial charge on any atom is 0.241 e. The number of carbonyl (C=O) groups excluding carboxylic acids is 1. The van der Waals surface area contributed by atoms with Crippen LogP contribution in [0.2, 0.25) is 0 Å². The molecule has 0 aliphatic carbocycles. The molecule has 0 saturated carbocycles. The van der Waals surface area contributed by atoms with E-state index in [4.69, 9.17) is 9.47 Å². The quantitative estimate of drug-likeness (QED) is 0.834. The number of carbonyl (C=O) groups is 1. The number of fused-ring (bicyclic) bond motifs is 1. The molecule has 1 atom stereocenters. The van der Waals surface area contributed by atoms with Gasteiger partial charge < -0.3 is 14.8 Å². The molecule has 1 aliphatic rings. The molecule has 1 amide bonds. The van der Waals surface area contributed by atoms with E-state index in [1.165, 1.54) is 0 Å². The van der Waals surface area contributed by atoms with E-state index >= 15 is 0 Å². The predicted octanol–water partition coefficient (Wildman–Crippen LogP) is 2.06. The fourth-order valence-electron chi connectivity index (χ4n) is 2.68. The molecule has 0 saturated heterocycles. The topological polar surface area (TPSA) is 84.9 Å². The number of nitrogens with zero attached hydrogens (tertiary/aromatic N) is 1. The maximum absolute atomic E-state index is 12.4. The monoisotopic (exact) mass is 376 g/mol. The van der Waals surface area contributed by atoms with Crippen LogP contribution in [0.3, 0.4) is 0 Å². The number of rotatable bonds is 6. The average Bonchev–Trinajstić information content (AvgIpc) is 3.07. The smallest absolute Gasteiger partial charge is 0.241 e. The highest BCUT2D eigenvalue weighted by Gasteiger charge is 2.24. The number of ether oxygens (including phenoxy) is 2. The zero-order chi connectivity index (χ0) is 18.7. The van der Waals surface area contributed by atoms with E-state index in [9.17, 15) is 13.2 Å². The van der Waals surface area contributed by atoms with Crippen LogP contribution in [0.15, 0.2) is 48.5 Å². The Hall–Kier alpha value is -2.74. The predicted molar refractivity (Wildman–Crippen MR) is 97.8 cm³/mol. The molecule has 8 heteroatoms. The Bertz CT molecular complexity index is 899. The molecule has 0 aromatic heterocycles. The van der Waals surface area contributed by atoms with E-state index in [-0.39, 0.29) is 19.4 Å². The third kappa shape index (κ3) is 4.08. The molecule has 1 heterocycles. The maximum atomic E-state index is 12.4. The first kappa shape index (κ1) is 18.1. The lowest BCUT2D eigenvalue weighted by Gasteiger charge is -2.23. The number of nitrogens with one attached hydrogen (secondary N) is 1. The standard InChI is InChI=1S/C18H20N2O5S/c1-13(14-6-4-3-5-7-14)19-18(21)11-20(26(2,22)23)15-8-9-16-17(10-15)25-12-24-16/h3-10,13H,11-12H2,1-2H3,(H,19,21). The second-order valence-corrected chi connectivity index (χ2v) is 7.91. The third-order valence-corrected chi connectivity index (χ3v) is 5.15. The van der Waals surface area contributed by atoms with Crippen LogP contribution in [0, 0.1) is 0 Å². The van der Waals surface area contributed by atoms with Crippen LogP contribution < -0.4 is 19.1 Å². The van der Waals surface area contributed by atoms with Crippen LogP contribution in [0.1, 0.15) is 18.5 Å². The zero-order valence-corrected chi connectivity index (χ0v) is 15.3. The SMILES string of the molecule is CC(NC(=O)CN(c1ccc2c(c1)OCO2)S(C)(=O)=O)c1ccccc1. The van der Waals surface area contributed by atoms with Crippen molar-refractivity contribution in [1.29, 1.82) is 0 Å². The van der Waals surface area contributed by atoms with Crippen molar-refractivity contribution >= 4 is 21.6 Å². The van der Waals surface area contributed by atoms with Crippen LogP contribution >= 0.6 is 0 Å². The summed E-state index contributed by atoms with van der Waals surface area (Å²) in [7, 11) is -3.65. The molecular formula is C18H20N2O5S. The molecule has 0 spiro atoms. The molecule has 1 N–H and O–H groups in total. The van der Waals surface area contributed by atoms with Crippen molar-refractivity contribution in [1.82, 2.24) is 5.32 Å². The van der Waals surface area contributed by atoms with E-state index < -0.39 is 15.9 Å². The van der Waals surface area contributed by atoms with Crippen LogP contribution in [-0.4, -0.2) is 33.9 Å². The van der Waals surface area contributed by atoms with Crippen molar-refractivity contribution in [2.24, 2.45) is 0 Å². The van der Waals surface area contributed by atoms with Gasteiger partial charge in [0.25, 0.3) is 0 Å². The Morgan fingerprint density at radius 2 is 1.85 bits per heavy atom. The average molecular weight is 376 g/mol. The first-order chi connectivity index (χ1) is 12.3. The molecule has 0 fully saturated rings. The van der Waals surface area contributed by atoms with Gasteiger partial charge in [0.2, 0.25) is 22.7 Å². The molecule has 138 valence electrons. The molecule has 1 unspecified atom stereocenters. The second-order valence-electron chi connectivity index (χ2n) is 6.01. The summed E-state index contributed by atoms with van der Waals surface area (Å²) < 4.78 is 36.0. The highest BCUT2D eigenvalue weighted by atomic mass is 32.2. The molecule has 0 bridgehead atoms. The lowest BCUT2D eigenvalue weighted by Crippen LogP contribution is -2.41. The Morgan fingerprint density at radius 1 is 1.15 bits per heavy atom. The first-order valence-electron chi connectivity index (χ1n) is 8.06. The molecular weight excluding hydrogens is 356 g/mol. The van der Waals surface area contributed by atoms with Gasteiger partial charge in [0.1, 0.15) is 6.54 Å². The molecule has 0 radical (unpaired) electrons. The molecule has 7 nitrogen and oxygen atoms in total. The summed E-state index contributed by atoms with van der Waals surface area (Å²) in [6.45, 7) is 1.61. The summed E-state index contributed by atoms with van der Waals surface area (Å²) in [5, 5.41) is 2.82. The van der Waals surface area contributed by atoms with Crippen LogP contribution in [0.5, 0.6) is 11.5 Å². The van der Waals surface area contributed by atoms with E-state index in [1.54, 1.807) is 18.2 Å². The molecule has 3 rings (SSSR count). The largest absolute Gasteiger partial charge is 0.454 e. The van der Waals surface area contributed by atoms with E-state index in [2.05, 4.69) is 5.32 Å². The minimum Gasteiger partial charge on any atom is -0.454 e. The Morgan fingerprint density at radius 3 is 2.54 bits per heavy atom. The minimum absolute atomic E-state index is 0.0900. The van der Waals surface area contributed by atoms with Gasteiger partial charge >= 0.3 is 0 Å². The van der Waals surface area contributed by atoms with Gasteiger partial charge in [-0.2, -0.15) is 0 Å². The molecule has 2 aromatic rings. The first-order valence-corrected chi connectivity index (χ1v) is 9.91. The number of hydrogen-bond acceptors (Lipinski definition) is 5. The Kier molecular flexibility index (Phi) is 5.03. The van der Waals surface area contributed by atoms with Crippen molar-refractivity contribution < 1.29 is 22.7 Å². The Labute approximate surface area is 152 Å². The van der Waals surface area contributed by atoms with Crippen LogP contribution in [0.4, 0.5) is 5.69 Å². The van der Waals surface area contributed by atoms with E-state index in [0.717, 1.165) is 16.1 Å². The summed E-state index contributed by atoms with van der Waals surface area (Å²) >= 11 is 0. The summed E-state index contributed by atoms with van der Waals surface area (Å²) in [6, 6.07) is 14.0. The molecule has 2 aromatic carbocycles. The summed E-state index contributed by atoms with van der Waals surface area (Å²) in [6.07, 6.45) is 1.06. The van der Waals surface area contributed by atoms with Gasteiger partial charge in [0, 0.05) is 6.07 Å². The summed E-state index contributed by atoms with van der Waals surface area (Å²) in [4.78, 5) is 12.4. The van der Waals surface area contributed by atoms with Crippen LogP contribution in [0.25, 0.3) is 0 Å². The number of anilines is 1. The van der Waals surface area contributed by atoms with Gasteiger partial charge in [-0.15, -0.1) is 0 Å². The Balaban J connectivity index is 1.76. The highest BCUT2D eigenvalue weighted by Crippen LogP contribution is 2.36. The normalized spacial score (nSPS) is 13.9. The lowest BCUT2D eigenvalue weighted by molar-refractivity contribution is -0.120. The van der Waals surface area contributed by atoms with Crippen molar-refractivity contribution in [3.8, 4) is 11.5 Å². The van der Waals surface area contributed by atoms with Gasteiger partial charge in [0.05, 0.1) is 18.0 Å². The second kappa shape index (κ2) is 7.25. The summed E-state index contributed by atoms with van der Waals surface area (Å²) in [5.41, 5.74) is 1.29. The third-order valence-electron chi connectivity index (χ3n) is 4.01. The summed E-state index contributed by atoms with van der Waals surface area (Å²) in [5.74, 6) is 0.600.